The molecule has 0 spiro atoms. The molecule has 2 aliphatic rings. The van der Waals surface area contributed by atoms with Crippen molar-refractivity contribution in [1.82, 2.24) is 0 Å². The van der Waals surface area contributed by atoms with Crippen molar-refractivity contribution in [3.05, 3.63) is 29.8 Å². The zero-order valence-corrected chi connectivity index (χ0v) is 14.6. The van der Waals surface area contributed by atoms with E-state index in [9.17, 15) is 14.4 Å². The Labute approximate surface area is 143 Å². The number of anilines is 1. The van der Waals surface area contributed by atoms with E-state index in [-0.39, 0.29) is 38.9 Å². The number of nitrogens with zero attached hydrogens (tertiary/aromatic N) is 1. The number of hydrogen-bond acceptors (Lipinski definition) is 3. The molecule has 1 aromatic rings. The highest BCUT2D eigenvalue weighted by molar-refractivity contribution is 9.12. The topological polar surface area (TPSA) is 74.7 Å². The van der Waals surface area contributed by atoms with Gasteiger partial charge in [0, 0.05) is 9.65 Å². The number of fused-ring (bicyclic) bond motifs is 1. The standard InChI is InChI=1S/C15H13Br2NO4/c16-11-5-9-10(6-12(11)17)14(20)18(13(9)19)8-3-1-7(2-4-8)15(21)22/h1-4,9-12H,5-6H2,(H,21,22)/t9-,10+,11-,12-/m0/s1. The average molecular weight is 431 g/mol. The van der Waals surface area contributed by atoms with Crippen molar-refractivity contribution in [1.29, 1.82) is 0 Å². The molecule has 5 nitrogen and oxygen atoms in total. The molecule has 1 aliphatic heterocycles. The van der Waals surface area contributed by atoms with Crippen molar-refractivity contribution in [2.24, 2.45) is 11.8 Å². The Kier molecular flexibility index (Phi) is 4.11. The third kappa shape index (κ3) is 2.50. The van der Waals surface area contributed by atoms with E-state index in [1.165, 1.54) is 29.2 Å². The van der Waals surface area contributed by atoms with Crippen LogP contribution in [0.1, 0.15) is 23.2 Å². The molecule has 1 aliphatic carbocycles. The summed E-state index contributed by atoms with van der Waals surface area (Å²) in [7, 11) is 0. The Bertz CT molecular complexity index is 617. The van der Waals surface area contributed by atoms with Crippen LogP contribution in [0.5, 0.6) is 0 Å². The van der Waals surface area contributed by atoms with Gasteiger partial charge in [0.05, 0.1) is 23.1 Å². The van der Waals surface area contributed by atoms with Gasteiger partial charge in [0.25, 0.3) is 0 Å². The molecule has 2 fully saturated rings. The summed E-state index contributed by atoms with van der Waals surface area (Å²) < 4.78 is 0. The van der Waals surface area contributed by atoms with E-state index >= 15 is 0 Å². The molecule has 3 rings (SSSR count). The fraction of sp³-hybridized carbons (Fsp3) is 0.400. The van der Waals surface area contributed by atoms with Gasteiger partial charge < -0.3 is 5.11 Å². The lowest BCUT2D eigenvalue weighted by Gasteiger charge is -2.29. The Balaban J connectivity index is 1.90. The molecule has 1 saturated heterocycles. The maximum atomic E-state index is 12.6. The number of benzene rings is 1. The van der Waals surface area contributed by atoms with Gasteiger partial charge in [-0.2, -0.15) is 0 Å². The fourth-order valence-electron chi connectivity index (χ4n) is 3.10. The molecular weight excluding hydrogens is 418 g/mol. The van der Waals surface area contributed by atoms with Gasteiger partial charge in [0.1, 0.15) is 0 Å². The van der Waals surface area contributed by atoms with Gasteiger partial charge in [-0.3, -0.25) is 14.5 Å². The molecule has 0 bridgehead atoms. The molecule has 4 atom stereocenters. The van der Waals surface area contributed by atoms with Crippen LogP contribution in [0.15, 0.2) is 24.3 Å². The van der Waals surface area contributed by atoms with Crippen LogP contribution < -0.4 is 4.90 Å². The number of aromatic carboxylic acids is 1. The lowest BCUT2D eigenvalue weighted by molar-refractivity contribution is -0.122. The highest BCUT2D eigenvalue weighted by Gasteiger charge is 2.52. The van der Waals surface area contributed by atoms with E-state index in [1.54, 1.807) is 0 Å². The van der Waals surface area contributed by atoms with Crippen LogP contribution in [-0.4, -0.2) is 32.5 Å². The fourth-order valence-corrected chi connectivity index (χ4v) is 4.34. The molecule has 0 radical (unpaired) electrons. The average Bonchev–Trinajstić information content (AvgIpc) is 2.72. The number of hydrogen-bond donors (Lipinski definition) is 1. The number of alkyl halides is 2. The van der Waals surface area contributed by atoms with E-state index in [2.05, 4.69) is 31.9 Å². The summed E-state index contributed by atoms with van der Waals surface area (Å²) in [5.41, 5.74) is 0.563. The number of carboxylic acids is 1. The largest absolute Gasteiger partial charge is 0.478 e. The minimum atomic E-state index is -1.04. The Hall–Kier alpha value is -1.21. The first-order valence-corrected chi connectivity index (χ1v) is 8.72. The minimum Gasteiger partial charge on any atom is -0.478 e. The Morgan fingerprint density at radius 3 is 1.86 bits per heavy atom. The molecule has 1 heterocycles. The van der Waals surface area contributed by atoms with Gasteiger partial charge in [0.15, 0.2) is 0 Å². The second-order valence-electron chi connectivity index (χ2n) is 5.58. The van der Waals surface area contributed by atoms with E-state index in [4.69, 9.17) is 5.11 Å². The molecule has 7 heteroatoms. The predicted octanol–water partition coefficient (Wildman–Crippen LogP) is 2.81. The zero-order chi connectivity index (χ0) is 16.0. The second-order valence-corrected chi connectivity index (χ2v) is 7.93. The maximum Gasteiger partial charge on any atom is 0.335 e. The lowest BCUT2D eigenvalue weighted by Crippen LogP contribution is -2.34. The van der Waals surface area contributed by atoms with E-state index < -0.39 is 5.97 Å². The van der Waals surface area contributed by atoms with Gasteiger partial charge in [-0.1, -0.05) is 31.9 Å². The molecule has 1 aromatic carbocycles. The zero-order valence-electron chi connectivity index (χ0n) is 11.4. The van der Waals surface area contributed by atoms with Gasteiger partial charge in [-0.15, -0.1) is 0 Å². The van der Waals surface area contributed by atoms with Crippen molar-refractivity contribution in [2.45, 2.75) is 22.5 Å². The summed E-state index contributed by atoms with van der Waals surface area (Å²) in [4.78, 5) is 37.6. The first kappa shape index (κ1) is 15.7. The summed E-state index contributed by atoms with van der Waals surface area (Å²) >= 11 is 7.09. The monoisotopic (exact) mass is 429 g/mol. The smallest absolute Gasteiger partial charge is 0.335 e. The van der Waals surface area contributed by atoms with Crippen LogP contribution in [0, 0.1) is 11.8 Å². The lowest BCUT2D eigenvalue weighted by atomic mass is 9.81. The van der Waals surface area contributed by atoms with E-state index in [1.807, 2.05) is 0 Å². The first-order chi connectivity index (χ1) is 10.4. The van der Waals surface area contributed by atoms with Crippen LogP contribution in [0.2, 0.25) is 0 Å². The second kappa shape index (κ2) is 5.77. The molecule has 1 saturated carbocycles. The van der Waals surface area contributed by atoms with Gasteiger partial charge in [-0.25, -0.2) is 4.79 Å². The van der Waals surface area contributed by atoms with E-state index in [0.717, 1.165) is 0 Å². The van der Waals surface area contributed by atoms with Crippen molar-refractivity contribution < 1.29 is 19.5 Å². The summed E-state index contributed by atoms with van der Waals surface area (Å²) in [6, 6.07) is 5.82. The molecule has 0 aromatic heterocycles. The highest BCUT2D eigenvalue weighted by atomic mass is 79.9. The van der Waals surface area contributed by atoms with Crippen LogP contribution in [-0.2, 0) is 9.59 Å². The third-order valence-electron chi connectivity index (χ3n) is 4.28. The molecule has 1 N–H and O–H groups in total. The van der Waals surface area contributed by atoms with Crippen LogP contribution in [0.4, 0.5) is 5.69 Å². The van der Waals surface area contributed by atoms with Crippen molar-refractivity contribution in [3.8, 4) is 0 Å². The Morgan fingerprint density at radius 1 is 1.00 bits per heavy atom. The number of imide groups is 1. The number of carbonyl (C=O) groups excluding carboxylic acids is 2. The minimum absolute atomic E-state index is 0.126. The normalized spacial score (nSPS) is 31.3. The summed E-state index contributed by atoms with van der Waals surface area (Å²) in [6.45, 7) is 0. The molecule has 22 heavy (non-hydrogen) atoms. The number of rotatable bonds is 2. The number of halogens is 2. The number of carbonyl (C=O) groups is 3. The van der Waals surface area contributed by atoms with Crippen molar-refractivity contribution >= 4 is 55.3 Å². The number of carboxylic acid groups (broad SMARTS) is 1. The Morgan fingerprint density at radius 2 is 1.45 bits per heavy atom. The van der Waals surface area contributed by atoms with E-state index in [0.29, 0.717) is 18.5 Å². The van der Waals surface area contributed by atoms with Crippen LogP contribution in [0.25, 0.3) is 0 Å². The molecular formula is C15H13Br2NO4. The predicted molar refractivity (Wildman–Crippen MR) is 87.5 cm³/mol. The van der Waals surface area contributed by atoms with Crippen LogP contribution in [0.3, 0.4) is 0 Å². The summed E-state index contributed by atoms with van der Waals surface area (Å²) in [6.07, 6.45) is 1.24. The summed E-state index contributed by atoms with van der Waals surface area (Å²) in [5, 5.41) is 8.91. The molecule has 116 valence electrons. The SMILES string of the molecule is O=C(O)c1ccc(N2C(=O)[C@H]3C[C@H](Br)[C@@H](Br)C[C@H]3C2=O)cc1. The number of amides is 2. The molecule has 0 unspecified atom stereocenters. The third-order valence-corrected chi connectivity index (χ3v) is 7.02. The highest BCUT2D eigenvalue weighted by Crippen LogP contribution is 2.44. The van der Waals surface area contributed by atoms with Crippen molar-refractivity contribution in [3.63, 3.8) is 0 Å². The quantitative estimate of drug-likeness (QED) is 0.578. The van der Waals surface area contributed by atoms with Gasteiger partial charge in [0.2, 0.25) is 11.8 Å². The molecule has 2 amide bonds. The van der Waals surface area contributed by atoms with Gasteiger partial charge in [-0.05, 0) is 37.1 Å². The van der Waals surface area contributed by atoms with Crippen molar-refractivity contribution in [2.75, 3.05) is 4.90 Å². The van der Waals surface area contributed by atoms with Gasteiger partial charge >= 0.3 is 5.97 Å². The summed E-state index contributed by atoms with van der Waals surface area (Å²) in [5.74, 6) is -2.03. The first-order valence-electron chi connectivity index (χ1n) is 6.89. The maximum absolute atomic E-state index is 12.6. The van der Waals surface area contributed by atoms with Crippen LogP contribution >= 0.6 is 31.9 Å².